The number of ether oxygens (including phenoxy) is 1. The normalized spacial score (nSPS) is 10.6. The van der Waals surface area contributed by atoms with Gasteiger partial charge in [-0.15, -0.1) is 23.1 Å². The topological polar surface area (TPSA) is 51.2 Å². The number of hydrogen-bond donors (Lipinski definition) is 1. The van der Waals surface area contributed by atoms with Gasteiger partial charge < -0.3 is 10.1 Å². The number of aryl methyl sites for hydroxylation is 1. The summed E-state index contributed by atoms with van der Waals surface area (Å²) in [6.45, 7) is 4.63. The van der Waals surface area contributed by atoms with Crippen LogP contribution >= 0.6 is 23.1 Å². The predicted molar refractivity (Wildman–Crippen MR) is 114 cm³/mol. The van der Waals surface area contributed by atoms with Crippen LogP contribution in [0.2, 0.25) is 0 Å². The molecule has 0 fully saturated rings. The largest absolute Gasteiger partial charge is 0.494 e. The monoisotopic (exact) mass is 398 g/mol. The third-order valence-electron chi connectivity index (χ3n) is 3.82. The third kappa shape index (κ3) is 5.58. The van der Waals surface area contributed by atoms with Crippen LogP contribution < -0.4 is 10.1 Å². The Bertz CT molecular complexity index is 877. The van der Waals surface area contributed by atoms with Crippen molar-refractivity contribution >= 4 is 34.1 Å². The summed E-state index contributed by atoms with van der Waals surface area (Å²) in [7, 11) is 0. The van der Waals surface area contributed by atoms with Gasteiger partial charge in [0.2, 0.25) is 5.91 Å². The van der Waals surface area contributed by atoms with Crippen LogP contribution in [0.3, 0.4) is 0 Å². The zero-order chi connectivity index (χ0) is 19.1. The molecule has 140 valence electrons. The van der Waals surface area contributed by atoms with E-state index in [2.05, 4.69) is 22.4 Å². The van der Waals surface area contributed by atoms with Crippen molar-refractivity contribution in [2.24, 2.45) is 0 Å². The van der Waals surface area contributed by atoms with Crippen molar-refractivity contribution in [2.45, 2.75) is 25.2 Å². The van der Waals surface area contributed by atoms with Crippen LogP contribution in [-0.4, -0.2) is 23.3 Å². The Morgan fingerprint density at radius 2 is 1.89 bits per heavy atom. The molecule has 0 radical (unpaired) electrons. The number of benzene rings is 2. The van der Waals surface area contributed by atoms with E-state index in [9.17, 15) is 4.79 Å². The van der Waals surface area contributed by atoms with Gasteiger partial charge in [-0.3, -0.25) is 4.79 Å². The summed E-state index contributed by atoms with van der Waals surface area (Å²) >= 11 is 3.18. The molecular formula is C21H22N2O2S2. The molecule has 0 atom stereocenters. The first-order chi connectivity index (χ1) is 13.2. The Hall–Kier alpha value is -2.31. The average molecular weight is 399 g/mol. The number of carbonyl (C=O) groups excluding carboxylic acids is 1. The highest BCUT2D eigenvalue weighted by Gasteiger charge is 2.12. The van der Waals surface area contributed by atoms with Gasteiger partial charge in [0.15, 0.2) is 5.13 Å². The van der Waals surface area contributed by atoms with E-state index >= 15 is 0 Å². The van der Waals surface area contributed by atoms with E-state index in [0.29, 0.717) is 18.2 Å². The summed E-state index contributed by atoms with van der Waals surface area (Å²) in [5, 5.41) is 3.57. The fourth-order valence-corrected chi connectivity index (χ4v) is 4.28. The second kappa shape index (κ2) is 9.58. The van der Waals surface area contributed by atoms with Gasteiger partial charge in [-0.1, -0.05) is 18.2 Å². The second-order valence-electron chi connectivity index (χ2n) is 5.84. The van der Waals surface area contributed by atoms with Crippen molar-refractivity contribution in [2.75, 3.05) is 17.7 Å². The van der Waals surface area contributed by atoms with E-state index < -0.39 is 0 Å². The maximum atomic E-state index is 12.2. The number of carbonyl (C=O) groups is 1. The molecule has 3 aromatic rings. The molecule has 0 aliphatic carbocycles. The fourth-order valence-electron chi connectivity index (χ4n) is 2.55. The minimum atomic E-state index is -0.00887. The molecule has 1 heterocycles. The zero-order valence-corrected chi connectivity index (χ0v) is 17.0. The van der Waals surface area contributed by atoms with Gasteiger partial charge in [-0.25, -0.2) is 4.98 Å². The molecule has 3 rings (SSSR count). The van der Waals surface area contributed by atoms with E-state index in [1.54, 1.807) is 11.8 Å². The molecule has 0 saturated heterocycles. The number of aromatic nitrogens is 1. The van der Waals surface area contributed by atoms with Crippen LogP contribution in [-0.2, 0) is 4.79 Å². The van der Waals surface area contributed by atoms with Crippen LogP contribution in [0.4, 0.5) is 5.13 Å². The molecule has 6 heteroatoms. The second-order valence-corrected chi connectivity index (χ2v) is 8.21. The standard InChI is InChI=1S/C21H22N2O2S2/c1-3-25-17-11-9-16(10-12-17)20-15(2)27-21(23-20)22-19(24)13-14-26-18-7-5-4-6-8-18/h4-12H,3,13-14H2,1-2H3,(H,22,23,24). The Labute approximate surface area is 168 Å². The summed E-state index contributed by atoms with van der Waals surface area (Å²) in [4.78, 5) is 19.1. The molecule has 0 aliphatic rings. The van der Waals surface area contributed by atoms with E-state index in [1.165, 1.54) is 16.2 Å². The lowest BCUT2D eigenvalue weighted by atomic mass is 10.1. The summed E-state index contributed by atoms with van der Waals surface area (Å²) in [5.74, 6) is 1.58. The number of anilines is 1. The minimum absolute atomic E-state index is 0.00887. The Morgan fingerprint density at radius 1 is 1.15 bits per heavy atom. The number of nitrogens with one attached hydrogen (secondary N) is 1. The first-order valence-electron chi connectivity index (χ1n) is 8.84. The number of thiazole rings is 1. The molecule has 0 unspecified atom stereocenters. The smallest absolute Gasteiger partial charge is 0.226 e. The molecular weight excluding hydrogens is 376 g/mol. The summed E-state index contributed by atoms with van der Waals surface area (Å²) in [5.41, 5.74) is 1.92. The molecule has 0 saturated carbocycles. The highest BCUT2D eigenvalue weighted by molar-refractivity contribution is 7.99. The Kier molecular flexibility index (Phi) is 6.90. The fraction of sp³-hybridized carbons (Fsp3) is 0.238. The van der Waals surface area contributed by atoms with Gasteiger partial charge in [-0.05, 0) is 50.2 Å². The van der Waals surface area contributed by atoms with Crippen molar-refractivity contribution in [3.8, 4) is 17.0 Å². The zero-order valence-electron chi connectivity index (χ0n) is 15.4. The molecule has 0 spiro atoms. The number of rotatable bonds is 8. The van der Waals surface area contributed by atoms with E-state index in [-0.39, 0.29) is 5.91 Å². The third-order valence-corrected chi connectivity index (χ3v) is 5.72. The maximum Gasteiger partial charge on any atom is 0.226 e. The SMILES string of the molecule is CCOc1ccc(-c2nc(NC(=O)CCSc3ccccc3)sc2C)cc1. The quantitative estimate of drug-likeness (QED) is 0.499. The van der Waals surface area contributed by atoms with Crippen molar-refractivity contribution in [3.63, 3.8) is 0 Å². The van der Waals surface area contributed by atoms with Crippen molar-refractivity contribution in [3.05, 3.63) is 59.5 Å². The highest BCUT2D eigenvalue weighted by Crippen LogP contribution is 2.31. The lowest BCUT2D eigenvalue weighted by Gasteiger charge is -2.04. The van der Waals surface area contributed by atoms with Crippen molar-refractivity contribution in [1.29, 1.82) is 0 Å². The average Bonchev–Trinajstić information content (AvgIpc) is 3.03. The first kappa shape index (κ1) is 19.5. The number of amides is 1. The van der Waals surface area contributed by atoms with Gasteiger partial charge in [0.25, 0.3) is 0 Å². The molecule has 1 aromatic heterocycles. The van der Waals surface area contributed by atoms with Crippen LogP contribution in [0.15, 0.2) is 59.5 Å². The van der Waals surface area contributed by atoms with E-state index in [0.717, 1.165) is 27.6 Å². The molecule has 27 heavy (non-hydrogen) atoms. The van der Waals surface area contributed by atoms with Crippen LogP contribution in [0.1, 0.15) is 18.2 Å². The van der Waals surface area contributed by atoms with Gasteiger partial charge in [0, 0.05) is 27.5 Å². The minimum Gasteiger partial charge on any atom is -0.494 e. The molecule has 0 aliphatic heterocycles. The molecule has 1 amide bonds. The van der Waals surface area contributed by atoms with Crippen molar-refractivity contribution < 1.29 is 9.53 Å². The van der Waals surface area contributed by atoms with Crippen LogP contribution in [0, 0.1) is 6.92 Å². The summed E-state index contributed by atoms with van der Waals surface area (Å²) < 4.78 is 5.48. The van der Waals surface area contributed by atoms with E-state index in [1.807, 2.05) is 56.3 Å². The molecule has 1 N–H and O–H groups in total. The van der Waals surface area contributed by atoms with Crippen LogP contribution in [0.5, 0.6) is 5.75 Å². The first-order valence-corrected chi connectivity index (χ1v) is 10.6. The van der Waals surface area contributed by atoms with Crippen molar-refractivity contribution in [1.82, 2.24) is 4.98 Å². The predicted octanol–water partition coefficient (Wildman–Crippen LogP) is 5.64. The van der Waals surface area contributed by atoms with Gasteiger partial charge in [0.1, 0.15) is 5.75 Å². The molecule has 0 bridgehead atoms. The summed E-state index contributed by atoms with van der Waals surface area (Å²) in [6, 6.07) is 18.0. The van der Waals surface area contributed by atoms with Crippen LogP contribution in [0.25, 0.3) is 11.3 Å². The molecule has 4 nitrogen and oxygen atoms in total. The van der Waals surface area contributed by atoms with Gasteiger partial charge >= 0.3 is 0 Å². The lowest BCUT2D eigenvalue weighted by molar-refractivity contribution is -0.115. The summed E-state index contributed by atoms with van der Waals surface area (Å²) in [6.07, 6.45) is 0.455. The van der Waals surface area contributed by atoms with Gasteiger partial charge in [-0.2, -0.15) is 0 Å². The van der Waals surface area contributed by atoms with E-state index in [4.69, 9.17) is 4.74 Å². The Balaban J connectivity index is 1.56. The maximum absolute atomic E-state index is 12.2. The molecule has 2 aromatic carbocycles. The number of nitrogens with zero attached hydrogens (tertiary/aromatic N) is 1. The highest BCUT2D eigenvalue weighted by atomic mass is 32.2. The number of hydrogen-bond acceptors (Lipinski definition) is 5. The number of thioether (sulfide) groups is 1. The Morgan fingerprint density at radius 3 is 2.59 bits per heavy atom. The van der Waals surface area contributed by atoms with Gasteiger partial charge in [0.05, 0.1) is 12.3 Å². The lowest BCUT2D eigenvalue weighted by Crippen LogP contribution is -2.11.